The van der Waals surface area contributed by atoms with Crippen molar-refractivity contribution in [3.8, 4) is 0 Å². The number of rotatable bonds is 7. The zero-order valence-corrected chi connectivity index (χ0v) is 11.6. The summed E-state index contributed by atoms with van der Waals surface area (Å²) >= 11 is 0. The Hall–Kier alpha value is -2.38. The minimum atomic E-state index is -0.234. The summed E-state index contributed by atoms with van der Waals surface area (Å²) in [4.78, 5) is 27.0. The lowest BCUT2D eigenvalue weighted by atomic mass is 10.4. The van der Waals surface area contributed by atoms with E-state index in [9.17, 15) is 4.79 Å². The number of imidazole rings is 1. The van der Waals surface area contributed by atoms with Crippen LogP contribution >= 0.6 is 0 Å². The van der Waals surface area contributed by atoms with Crippen LogP contribution < -0.4 is 10.6 Å². The van der Waals surface area contributed by atoms with Gasteiger partial charge in [0.2, 0.25) is 5.95 Å². The molecule has 108 valence electrons. The highest BCUT2D eigenvalue weighted by molar-refractivity contribution is 5.83. The molecule has 2 aromatic heterocycles. The zero-order chi connectivity index (χ0) is 14.4. The Labute approximate surface area is 116 Å². The van der Waals surface area contributed by atoms with Crippen LogP contribution in [0.5, 0.6) is 0 Å². The standard InChI is InChI=1S/C12H18N6O2/c1-3-13-12-17-10(9-11(18-12)16-7-15-9)14-6-5-8(19)20-4-2/h7H,3-6H2,1-2H3,(H3,13,14,15,16,17,18). The maximum Gasteiger partial charge on any atom is 0.307 e. The maximum absolute atomic E-state index is 11.3. The number of H-pyrrole nitrogens is 1. The van der Waals surface area contributed by atoms with Crippen molar-refractivity contribution in [2.45, 2.75) is 20.3 Å². The second-order valence-electron chi connectivity index (χ2n) is 4.01. The van der Waals surface area contributed by atoms with E-state index >= 15 is 0 Å². The highest BCUT2D eigenvalue weighted by Crippen LogP contribution is 2.18. The van der Waals surface area contributed by atoms with E-state index < -0.39 is 0 Å². The molecule has 0 atom stereocenters. The first-order valence-corrected chi connectivity index (χ1v) is 6.59. The van der Waals surface area contributed by atoms with Crippen molar-refractivity contribution >= 4 is 28.9 Å². The van der Waals surface area contributed by atoms with Crippen molar-refractivity contribution < 1.29 is 9.53 Å². The van der Waals surface area contributed by atoms with E-state index in [2.05, 4.69) is 30.6 Å². The van der Waals surface area contributed by atoms with E-state index in [1.165, 1.54) is 0 Å². The fraction of sp³-hybridized carbons (Fsp3) is 0.500. The van der Waals surface area contributed by atoms with E-state index in [0.717, 1.165) is 12.1 Å². The van der Waals surface area contributed by atoms with Crippen LogP contribution in [0.4, 0.5) is 11.8 Å². The van der Waals surface area contributed by atoms with Crippen LogP contribution in [-0.2, 0) is 9.53 Å². The SMILES string of the molecule is CCNc1nc(NCCC(=O)OCC)c2[nH]cnc2n1. The van der Waals surface area contributed by atoms with Gasteiger partial charge in [-0.2, -0.15) is 9.97 Å². The molecule has 20 heavy (non-hydrogen) atoms. The van der Waals surface area contributed by atoms with Crippen molar-refractivity contribution in [1.82, 2.24) is 19.9 Å². The third-order valence-electron chi connectivity index (χ3n) is 2.55. The molecular formula is C12H18N6O2. The fourth-order valence-corrected chi connectivity index (χ4v) is 1.71. The lowest BCUT2D eigenvalue weighted by molar-refractivity contribution is -0.142. The fourth-order valence-electron chi connectivity index (χ4n) is 1.71. The summed E-state index contributed by atoms with van der Waals surface area (Å²) in [5, 5.41) is 6.14. The van der Waals surface area contributed by atoms with Crippen LogP contribution in [0.25, 0.3) is 11.2 Å². The van der Waals surface area contributed by atoms with Gasteiger partial charge in [-0.1, -0.05) is 0 Å². The Morgan fingerprint density at radius 3 is 2.95 bits per heavy atom. The van der Waals surface area contributed by atoms with Gasteiger partial charge in [-0.05, 0) is 13.8 Å². The van der Waals surface area contributed by atoms with Crippen molar-refractivity contribution in [2.75, 3.05) is 30.3 Å². The number of ether oxygens (including phenoxy) is 1. The molecule has 8 nitrogen and oxygen atoms in total. The van der Waals surface area contributed by atoms with Crippen LogP contribution in [0.15, 0.2) is 6.33 Å². The predicted octanol–water partition coefficient (Wildman–Crippen LogP) is 1.15. The Balaban J connectivity index is 2.07. The van der Waals surface area contributed by atoms with E-state index in [0.29, 0.717) is 30.6 Å². The first-order chi connectivity index (χ1) is 9.74. The molecule has 2 heterocycles. The quantitative estimate of drug-likeness (QED) is 0.652. The second kappa shape index (κ2) is 6.69. The maximum atomic E-state index is 11.3. The highest BCUT2D eigenvalue weighted by atomic mass is 16.5. The zero-order valence-electron chi connectivity index (χ0n) is 11.6. The number of aromatic nitrogens is 4. The summed E-state index contributed by atoms with van der Waals surface area (Å²) in [6.45, 7) is 5.30. The van der Waals surface area contributed by atoms with E-state index in [1.54, 1.807) is 13.3 Å². The van der Waals surface area contributed by atoms with E-state index in [4.69, 9.17) is 4.74 Å². The Morgan fingerprint density at radius 2 is 2.20 bits per heavy atom. The molecule has 0 aliphatic rings. The molecule has 0 aromatic carbocycles. The number of aromatic amines is 1. The number of nitrogens with zero attached hydrogens (tertiary/aromatic N) is 3. The van der Waals surface area contributed by atoms with Gasteiger partial charge >= 0.3 is 5.97 Å². The molecule has 2 rings (SSSR count). The van der Waals surface area contributed by atoms with Crippen molar-refractivity contribution in [3.63, 3.8) is 0 Å². The smallest absolute Gasteiger partial charge is 0.307 e. The Morgan fingerprint density at radius 1 is 1.35 bits per heavy atom. The molecule has 0 bridgehead atoms. The largest absolute Gasteiger partial charge is 0.466 e. The summed E-state index contributed by atoms with van der Waals surface area (Å²) in [6.07, 6.45) is 1.84. The monoisotopic (exact) mass is 278 g/mol. The number of anilines is 2. The van der Waals surface area contributed by atoms with Gasteiger partial charge < -0.3 is 20.4 Å². The lowest BCUT2D eigenvalue weighted by Gasteiger charge is -2.08. The molecule has 0 fully saturated rings. The minimum absolute atomic E-state index is 0.234. The predicted molar refractivity (Wildman–Crippen MR) is 75.6 cm³/mol. The molecule has 0 saturated heterocycles. The van der Waals surface area contributed by atoms with Gasteiger partial charge in [0.15, 0.2) is 11.5 Å². The Kier molecular flexibility index (Phi) is 4.70. The van der Waals surface area contributed by atoms with Gasteiger partial charge in [0, 0.05) is 13.1 Å². The molecule has 8 heteroatoms. The van der Waals surface area contributed by atoms with E-state index in [1.807, 2.05) is 6.92 Å². The summed E-state index contributed by atoms with van der Waals surface area (Å²) in [6, 6.07) is 0. The van der Waals surface area contributed by atoms with Crippen molar-refractivity contribution in [3.05, 3.63) is 6.33 Å². The number of hydrogen-bond donors (Lipinski definition) is 3. The van der Waals surface area contributed by atoms with E-state index in [-0.39, 0.29) is 12.4 Å². The minimum Gasteiger partial charge on any atom is -0.466 e. The molecule has 2 aromatic rings. The first kappa shape index (κ1) is 14.0. The lowest BCUT2D eigenvalue weighted by Crippen LogP contribution is -2.13. The summed E-state index contributed by atoms with van der Waals surface area (Å²) in [5.41, 5.74) is 1.30. The molecule has 0 radical (unpaired) electrons. The third-order valence-corrected chi connectivity index (χ3v) is 2.55. The average molecular weight is 278 g/mol. The molecule has 0 aliphatic carbocycles. The molecular weight excluding hydrogens is 260 g/mol. The molecule has 3 N–H and O–H groups in total. The summed E-state index contributed by atoms with van der Waals surface area (Å²) < 4.78 is 4.87. The number of nitrogens with one attached hydrogen (secondary N) is 3. The second-order valence-corrected chi connectivity index (χ2v) is 4.01. The van der Waals surface area contributed by atoms with Gasteiger partial charge in [-0.3, -0.25) is 4.79 Å². The number of hydrogen-bond acceptors (Lipinski definition) is 7. The molecule has 0 unspecified atom stereocenters. The highest BCUT2D eigenvalue weighted by Gasteiger charge is 2.10. The molecule has 0 spiro atoms. The van der Waals surface area contributed by atoms with Crippen molar-refractivity contribution in [1.29, 1.82) is 0 Å². The number of esters is 1. The first-order valence-electron chi connectivity index (χ1n) is 6.59. The van der Waals surface area contributed by atoms with Gasteiger partial charge in [0.05, 0.1) is 19.4 Å². The third kappa shape index (κ3) is 3.34. The van der Waals surface area contributed by atoms with Gasteiger partial charge in [0.1, 0.15) is 5.52 Å². The van der Waals surface area contributed by atoms with Crippen LogP contribution in [0.3, 0.4) is 0 Å². The van der Waals surface area contributed by atoms with Crippen LogP contribution in [0.1, 0.15) is 20.3 Å². The number of fused-ring (bicyclic) bond motifs is 1. The number of carbonyl (C=O) groups excluding carboxylic acids is 1. The molecule has 0 aliphatic heterocycles. The summed E-state index contributed by atoms with van der Waals surface area (Å²) in [7, 11) is 0. The normalized spacial score (nSPS) is 10.5. The molecule has 0 amide bonds. The average Bonchev–Trinajstić information content (AvgIpc) is 2.88. The van der Waals surface area contributed by atoms with Crippen LogP contribution in [-0.4, -0.2) is 45.6 Å². The van der Waals surface area contributed by atoms with Gasteiger partial charge in [0.25, 0.3) is 0 Å². The van der Waals surface area contributed by atoms with Crippen LogP contribution in [0, 0.1) is 0 Å². The Bertz CT molecular complexity index is 582. The van der Waals surface area contributed by atoms with Crippen molar-refractivity contribution in [2.24, 2.45) is 0 Å². The summed E-state index contributed by atoms with van der Waals surface area (Å²) in [5.74, 6) is 0.889. The number of carbonyl (C=O) groups is 1. The van der Waals surface area contributed by atoms with Gasteiger partial charge in [-0.25, -0.2) is 4.98 Å². The van der Waals surface area contributed by atoms with Crippen LogP contribution in [0.2, 0.25) is 0 Å². The topological polar surface area (TPSA) is 105 Å². The molecule has 0 saturated carbocycles. The van der Waals surface area contributed by atoms with Gasteiger partial charge in [-0.15, -0.1) is 0 Å².